The fourth-order valence-electron chi connectivity index (χ4n) is 2.36. The molecule has 0 heterocycles. The van der Waals surface area contributed by atoms with Gasteiger partial charge >= 0.3 is 11.9 Å². The van der Waals surface area contributed by atoms with E-state index in [4.69, 9.17) is 5.11 Å². The predicted molar refractivity (Wildman–Crippen MR) is 88.9 cm³/mol. The van der Waals surface area contributed by atoms with Gasteiger partial charge < -0.3 is 10.2 Å². The van der Waals surface area contributed by atoms with Gasteiger partial charge in [-0.2, -0.15) is 0 Å². The van der Waals surface area contributed by atoms with Gasteiger partial charge in [-0.1, -0.05) is 66.2 Å². The van der Waals surface area contributed by atoms with E-state index in [1.54, 1.807) is 30.3 Å². The summed E-state index contributed by atoms with van der Waals surface area (Å²) in [5, 5.41) is 18.5. The molecule has 0 aliphatic heterocycles. The molecule has 4 nitrogen and oxygen atoms in total. The molecular weight excluding hydrogens is 292 g/mol. The molecule has 2 rings (SSSR count). The van der Waals surface area contributed by atoms with E-state index >= 15 is 0 Å². The fraction of sp³-hybridized carbons (Fsp3) is 0.158. The first-order chi connectivity index (χ1) is 11.0. The molecule has 0 unspecified atom stereocenters. The van der Waals surface area contributed by atoms with E-state index in [-0.39, 0.29) is 0 Å². The maximum atomic E-state index is 11.6. The molecule has 0 amide bonds. The third-order valence-electron chi connectivity index (χ3n) is 3.56. The van der Waals surface area contributed by atoms with Crippen LogP contribution in [-0.2, 0) is 9.59 Å². The highest BCUT2D eigenvalue weighted by Crippen LogP contribution is 2.29. The number of hydrogen-bond acceptors (Lipinski definition) is 2. The molecule has 0 aromatic heterocycles. The van der Waals surface area contributed by atoms with Crippen molar-refractivity contribution in [2.75, 3.05) is 0 Å². The number of carboxylic acid groups (broad SMARTS) is 2. The van der Waals surface area contributed by atoms with Crippen molar-refractivity contribution in [3.8, 4) is 0 Å². The minimum absolute atomic E-state index is 0.456. The molecule has 23 heavy (non-hydrogen) atoms. The lowest BCUT2D eigenvalue weighted by Gasteiger charge is -2.16. The highest BCUT2D eigenvalue weighted by molar-refractivity contribution is 5.96. The zero-order valence-electron chi connectivity index (χ0n) is 12.8. The van der Waals surface area contributed by atoms with Gasteiger partial charge in [0.05, 0.1) is 12.3 Å². The second-order valence-electron chi connectivity index (χ2n) is 5.37. The zero-order valence-corrected chi connectivity index (χ0v) is 12.8. The Labute approximate surface area is 134 Å². The van der Waals surface area contributed by atoms with Gasteiger partial charge in [-0.05, 0) is 23.6 Å². The first-order valence-electron chi connectivity index (χ1n) is 7.25. The van der Waals surface area contributed by atoms with Gasteiger partial charge in [-0.15, -0.1) is 0 Å². The first-order valence-corrected chi connectivity index (χ1v) is 7.25. The number of hydrogen-bond donors (Lipinski definition) is 2. The summed E-state index contributed by atoms with van der Waals surface area (Å²) in [6, 6.07) is 16.7. The summed E-state index contributed by atoms with van der Waals surface area (Å²) >= 11 is 0. The van der Waals surface area contributed by atoms with Crippen LogP contribution in [0.15, 0.2) is 54.6 Å². The molecule has 0 radical (unpaired) electrons. The van der Waals surface area contributed by atoms with Gasteiger partial charge in [-0.25, -0.2) is 0 Å². The van der Waals surface area contributed by atoms with E-state index in [1.807, 2.05) is 37.3 Å². The van der Waals surface area contributed by atoms with E-state index in [0.717, 1.165) is 11.1 Å². The molecule has 0 bridgehead atoms. The van der Waals surface area contributed by atoms with E-state index in [9.17, 15) is 14.7 Å². The lowest BCUT2D eigenvalue weighted by atomic mass is 9.88. The summed E-state index contributed by atoms with van der Waals surface area (Å²) in [5.74, 6) is -3.38. The summed E-state index contributed by atoms with van der Waals surface area (Å²) < 4.78 is 0. The van der Waals surface area contributed by atoms with E-state index < -0.39 is 24.3 Å². The van der Waals surface area contributed by atoms with Gasteiger partial charge in [-0.3, -0.25) is 9.59 Å². The molecule has 0 aliphatic rings. The molecule has 118 valence electrons. The van der Waals surface area contributed by atoms with Crippen LogP contribution in [0.4, 0.5) is 0 Å². The molecule has 0 aliphatic carbocycles. The minimum atomic E-state index is -1.14. The Balaban J connectivity index is 2.52. The molecular formula is C19H18O4. The lowest BCUT2D eigenvalue weighted by molar-refractivity contribution is -0.146. The lowest BCUT2D eigenvalue weighted by Crippen LogP contribution is -2.19. The number of aliphatic carboxylic acids is 2. The Kier molecular flexibility index (Phi) is 5.31. The summed E-state index contributed by atoms with van der Waals surface area (Å²) in [5.41, 5.74) is 3.14. The van der Waals surface area contributed by atoms with Crippen LogP contribution in [0.2, 0.25) is 0 Å². The summed E-state index contributed by atoms with van der Waals surface area (Å²) in [4.78, 5) is 22.6. The van der Waals surface area contributed by atoms with Crippen molar-refractivity contribution in [1.82, 2.24) is 0 Å². The van der Waals surface area contributed by atoms with Crippen molar-refractivity contribution in [3.05, 3.63) is 71.3 Å². The average molecular weight is 310 g/mol. The number of rotatable bonds is 6. The largest absolute Gasteiger partial charge is 0.481 e. The number of benzene rings is 2. The van der Waals surface area contributed by atoms with Gasteiger partial charge in [0, 0.05) is 0 Å². The maximum absolute atomic E-state index is 11.6. The molecule has 0 fully saturated rings. The van der Waals surface area contributed by atoms with Gasteiger partial charge in [0.15, 0.2) is 0 Å². The van der Waals surface area contributed by atoms with Crippen molar-refractivity contribution in [2.24, 2.45) is 5.92 Å². The van der Waals surface area contributed by atoms with Crippen molar-refractivity contribution in [1.29, 1.82) is 0 Å². The third kappa shape index (κ3) is 4.54. The average Bonchev–Trinajstić information content (AvgIpc) is 2.53. The van der Waals surface area contributed by atoms with Gasteiger partial charge in [0.2, 0.25) is 0 Å². The summed E-state index contributed by atoms with van der Waals surface area (Å²) in [6.45, 7) is 1.97. The minimum Gasteiger partial charge on any atom is -0.481 e. The molecule has 2 aromatic carbocycles. The zero-order chi connectivity index (χ0) is 16.8. The van der Waals surface area contributed by atoms with Crippen molar-refractivity contribution in [3.63, 3.8) is 0 Å². The van der Waals surface area contributed by atoms with Crippen molar-refractivity contribution < 1.29 is 19.8 Å². The van der Waals surface area contributed by atoms with Gasteiger partial charge in [0.25, 0.3) is 0 Å². The van der Waals surface area contributed by atoms with E-state index in [2.05, 4.69) is 0 Å². The normalized spacial score (nSPS) is 12.7. The first kappa shape index (κ1) is 16.5. The topological polar surface area (TPSA) is 74.6 Å². The van der Waals surface area contributed by atoms with Crippen LogP contribution in [0, 0.1) is 12.8 Å². The Bertz CT molecular complexity index is 715. The Hall–Kier alpha value is -2.88. The standard InChI is InChI=1S/C19H18O4/c1-13-7-9-14(10-8-13)11-16(15-5-3-2-4-6-15)17(19(22)23)12-18(20)21/h2-11,17H,12H2,1H3,(H,20,21)(H,22,23)/b16-11-/t17-/m0/s1. The molecule has 2 N–H and O–H groups in total. The molecule has 2 aromatic rings. The maximum Gasteiger partial charge on any atom is 0.311 e. The molecule has 1 atom stereocenters. The molecule has 0 saturated heterocycles. The quantitative estimate of drug-likeness (QED) is 0.798. The second kappa shape index (κ2) is 7.40. The van der Waals surface area contributed by atoms with Crippen LogP contribution in [0.3, 0.4) is 0 Å². The Morgan fingerprint density at radius 3 is 2.13 bits per heavy atom. The highest BCUT2D eigenvalue weighted by Gasteiger charge is 2.26. The fourth-order valence-corrected chi connectivity index (χ4v) is 2.36. The number of carboxylic acids is 2. The smallest absolute Gasteiger partial charge is 0.311 e. The highest BCUT2D eigenvalue weighted by atomic mass is 16.4. The van der Waals surface area contributed by atoms with Crippen LogP contribution in [0.1, 0.15) is 23.1 Å². The van der Waals surface area contributed by atoms with Crippen LogP contribution in [0.25, 0.3) is 11.6 Å². The van der Waals surface area contributed by atoms with Crippen LogP contribution in [-0.4, -0.2) is 22.2 Å². The monoisotopic (exact) mass is 310 g/mol. The van der Waals surface area contributed by atoms with Crippen LogP contribution in [0.5, 0.6) is 0 Å². The molecule has 0 saturated carbocycles. The van der Waals surface area contributed by atoms with Crippen LogP contribution < -0.4 is 0 Å². The summed E-state index contributed by atoms with van der Waals surface area (Å²) in [6.07, 6.45) is 1.29. The molecule has 4 heteroatoms. The van der Waals surface area contributed by atoms with Crippen molar-refractivity contribution >= 4 is 23.6 Å². The second-order valence-corrected chi connectivity index (χ2v) is 5.37. The van der Waals surface area contributed by atoms with E-state index in [1.165, 1.54) is 0 Å². The Morgan fingerprint density at radius 2 is 1.61 bits per heavy atom. The molecule has 0 spiro atoms. The number of aryl methyl sites for hydroxylation is 1. The summed E-state index contributed by atoms with van der Waals surface area (Å²) in [7, 11) is 0. The van der Waals surface area contributed by atoms with Gasteiger partial charge in [0.1, 0.15) is 0 Å². The van der Waals surface area contributed by atoms with Crippen LogP contribution >= 0.6 is 0 Å². The Morgan fingerprint density at radius 1 is 1.00 bits per heavy atom. The van der Waals surface area contributed by atoms with Crippen molar-refractivity contribution in [2.45, 2.75) is 13.3 Å². The predicted octanol–water partition coefficient (Wildman–Crippen LogP) is 3.71. The number of carbonyl (C=O) groups is 2. The third-order valence-corrected chi connectivity index (χ3v) is 3.56. The van der Waals surface area contributed by atoms with E-state index in [0.29, 0.717) is 11.1 Å². The SMILES string of the molecule is Cc1ccc(/C=C(/c2ccccc2)[C@H](CC(=O)O)C(=O)O)cc1.